The molecule has 0 amide bonds. The second-order valence-electron chi connectivity index (χ2n) is 3.21. The Labute approximate surface area is 117 Å². The van der Waals surface area contributed by atoms with Gasteiger partial charge in [0.05, 0.1) is 21.4 Å². The summed E-state index contributed by atoms with van der Waals surface area (Å²) in [5, 5.41) is 4.99. The predicted molar refractivity (Wildman–Crippen MR) is 76.1 cm³/mol. The number of anilines is 1. The molecule has 7 heteroatoms. The van der Waals surface area contributed by atoms with Crippen LogP contribution >= 0.6 is 33.9 Å². The van der Waals surface area contributed by atoms with E-state index >= 15 is 0 Å². The minimum absolute atomic E-state index is 0.465. The second kappa shape index (κ2) is 5.69. The first kappa shape index (κ1) is 12.7. The van der Waals surface area contributed by atoms with Gasteiger partial charge in [-0.1, -0.05) is 0 Å². The van der Waals surface area contributed by atoms with Crippen molar-refractivity contribution in [3.63, 3.8) is 0 Å². The van der Waals surface area contributed by atoms with Crippen molar-refractivity contribution >= 4 is 39.7 Å². The summed E-state index contributed by atoms with van der Waals surface area (Å²) in [6, 6.07) is 0. The van der Waals surface area contributed by atoms with Gasteiger partial charge >= 0.3 is 0 Å². The minimum Gasteiger partial charge on any atom is -0.378 e. The SMILES string of the molecule is CNc1nc(-c2cscn2)nc(COC)c1I. The Balaban J connectivity index is 2.50. The van der Waals surface area contributed by atoms with Crippen LogP contribution in [-0.4, -0.2) is 29.1 Å². The van der Waals surface area contributed by atoms with Crippen molar-refractivity contribution in [1.29, 1.82) is 0 Å². The molecule has 0 radical (unpaired) electrons. The lowest BCUT2D eigenvalue weighted by Crippen LogP contribution is -2.06. The summed E-state index contributed by atoms with van der Waals surface area (Å²) < 4.78 is 6.12. The predicted octanol–water partition coefficient (Wildman–Crippen LogP) is 2.39. The Kier molecular flexibility index (Phi) is 4.24. The molecule has 2 rings (SSSR count). The lowest BCUT2D eigenvalue weighted by molar-refractivity contribution is 0.181. The molecule has 17 heavy (non-hydrogen) atoms. The maximum atomic E-state index is 5.14. The summed E-state index contributed by atoms with van der Waals surface area (Å²) in [6.07, 6.45) is 0. The summed E-state index contributed by atoms with van der Waals surface area (Å²) in [6.45, 7) is 0.465. The lowest BCUT2D eigenvalue weighted by Gasteiger charge is -2.09. The van der Waals surface area contributed by atoms with Gasteiger partial charge in [0.25, 0.3) is 0 Å². The molecule has 0 atom stereocenters. The number of ether oxygens (including phenoxy) is 1. The molecule has 0 saturated carbocycles. The molecule has 0 aromatic carbocycles. The van der Waals surface area contributed by atoms with Gasteiger partial charge in [0.2, 0.25) is 0 Å². The van der Waals surface area contributed by atoms with Crippen molar-refractivity contribution in [1.82, 2.24) is 15.0 Å². The summed E-state index contributed by atoms with van der Waals surface area (Å²) in [7, 11) is 3.49. The number of thiazole rings is 1. The Morgan fingerprint density at radius 2 is 2.29 bits per heavy atom. The van der Waals surface area contributed by atoms with Gasteiger partial charge in [0.1, 0.15) is 11.5 Å². The van der Waals surface area contributed by atoms with Crippen molar-refractivity contribution < 1.29 is 4.74 Å². The molecule has 0 bridgehead atoms. The van der Waals surface area contributed by atoms with Crippen LogP contribution in [0.2, 0.25) is 0 Å². The van der Waals surface area contributed by atoms with E-state index in [0.29, 0.717) is 12.4 Å². The van der Waals surface area contributed by atoms with E-state index in [9.17, 15) is 0 Å². The molecule has 0 saturated heterocycles. The minimum atomic E-state index is 0.465. The number of halogens is 1. The quantitative estimate of drug-likeness (QED) is 0.847. The smallest absolute Gasteiger partial charge is 0.181 e. The number of aromatic nitrogens is 3. The van der Waals surface area contributed by atoms with Crippen LogP contribution in [0.1, 0.15) is 5.69 Å². The monoisotopic (exact) mass is 362 g/mol. The molecule has 2 aromatic rings. The molecule has 2 heterocycles. The molecule has 5 nitrogen and oxygen atoms in total. The molecule has 0 fully saturated rings. The molecule has 90 valence electrons. The van der Waals surface area contributed by atoms with E-state index in [1.54, 1.807) is 12.6 Å². The van der Waals surface area contributed by atoms with E-state index in [0.717, 1.165) is 20.8 Å². The number of nitrogens with one attached hydrogen (secondary N) is 1. The van der Waals surface area contributed by atoms with Gasteiger partial charge in [-0.2, -0.15) is 0 Å². The van der Waals surface area contributed by atoms with Gasteiger partial charge in [-0.15, -0.1) is 11.3 Å². The lowest BCUT2D eigenvalue weighted by atomic mass is 10.3. The van der Waals surface area contributed by atoms with E-state index < -0.39 is 0 Å². The van der Waals surface area contributed by atoms with E-state index in [1.807, 2.05) is 12.4 Å². The van der Waals surface area contributed by atoms with E-state index in [2.05, 4.69) is 42.9 Å². The molecule has 2 aromatic heterocycles. The number of rotatable bonds is 4. The highest BCUT2D eigenvalue weighted by molar-refractivity contribution is 14.1. The Morgan fingerprint density at radius 1 is 1.47 bits per heavy atom. The second-order valence-corrected chi connectivity index (χ2v) is 5.01. The standard InChI is InChI=1S/C10H11IN4OS/c1-12-10-8(11)6(3-16-2)14-9(15-10)7-4-17-5-13-7/h4-5H,3H2,1-2H3,(H,12,14,15). The summed E-state index contributed by atoms with van der Waals surface area (Å²) in [4.78, 5) is 13.1. The number of hydrogen-bond donors (Lipinski definition) is 1. The van der Waals surface area contributed by atoms with Gasteiger partial charge in [0.15, 0.2) is 5.82 Å². The van der Waals surface area contributed by atoms with E-state index in [4.69, 9.17) is 4.74 Å². The maximum Gasteiger partial charge on any atom is 0.181 e. The van der Waals surface area contributed by atoms with Crippen LogP contribution in [0.4, 0.5) is 5.82 Å². The fourth-order valence-corrected chi connectivity index (χ4v) is 2.53. The largest absolute Gasteiger partial charge is 0.378 e. The van der Waals surface area contributed by atoms with Crippen LogP contribution in [0.25, 0.3) is 11.5 Å². The van der Waals surface area contributed by atoms with Crippen LogP contribution in [-0.2, 0) is 11.3 Å². The topological polar surface area (TPSA) is 59.9 Å². The summed E-state index contributed by atoms with van der Waals surface area (Å²) >= 11 is 3.74. The fourth-order valence-electron chi connectivity index (χ4n) is 1.33. The Hall–Kier alpha value is -0.800. The normalized spacial score (nSPS) is 10.5. The first-order valence-corrected chi connectivity index (χ1v) is 6.90. The average molecular weight is 362 g/mol. The zero-order valence-electron chi connectivity index (χ0n) is 9.40. The van der Waals surface area contributed by atoms with Gasteiger partial charge in [-0.25, -0.2) is 15.0 Å². The fraction of sp³-hybridized carbons (Fsp3) is 0.300. The molecule has 0 aliphatic rings. The molecular weight excluding hydrogens is 351 g/mol. The summed E-state index contributed by atoms with van der Waals surface area (Å²) in [5.74, 6) is 1.43. The molecule has 0 spiro atoms. The van der Waals surface area contributed by atoms with Crippen molar-refractivity contribution in [3.05, 3.63) is 20.2 Å². The van der Waals surface area contributed by atoms with Gasteiger partial charge < -0.3 is 10.1 Å². The highest BCUT2D eigenvalue weighted by Crippen LogP contribution is 2.24. The van der Waals surface area contributed by atoms with Crippen LogP contribution in [0.15, 0.2) is 10.9 Å². The zero-order chi connectivity index (χ0) is 12.3. The third-order valence-electron chi connectivity index (χ3n) is 2.10. The van der Waals surface area contributed by atoms with Gasteiger partial charge in [-0.3, -0.25) is 0 Å². The molecule has 0 unspecified atom stereocenters. The third kappa shape index (κ3) is 2.72. The van der Waals surface area contributed by atoms with E-state index in [1.165, 1.54) is 11.3 Å². The van der Waals surface area contributed by atoms with Crippen LogP contribution < -0.4 is 5.32 Å². The van der Waals surface area contributed by atoms with Crippen LogP contribution in [0.3, 0.4) is 0 Å². The Bertz CT molecular complexity index is 503. The molecule has 0 aliphatic carbocycles. The first-order valence-electron chi connectivity index (χ1n) is 4.88. The molecule has 1 N–H and O–H groups in total. The molecule has 0 aliphatic heterocycles. The van der Waals surface area contributed by atoms with Crippen molar-refractivity contribution in [2.24, 2.45) is 0 Å². The first-order chi connectivity index (χ1) is 8.26. The molecular formula is C10H11IN4OS. The van der Waals surface area contributed by atoms with Crippen LogP contribution in [0, 0.1) is 3.57 Å². The van der Waals surface area contributed by atoms with Crippen molar-refractivity contribution in [2.45, 2.75) is 6.61 Å². The van der Waals surface area contributed by atoms with Crippen molar-refractivity contribution in [3.8, 4) is 11.5 Å². The van der Waals surface area contributed by atoms with Crippen molar-refractivity contribution in [2.75, 3.05) is 19.5 Å². The van der Waals surface area contributed by atoms with E-state index in [-0.39, 0.29) is 0 Å². The van der Waals surface area contributed by atoms with Gasteiger partial charge in [-0.05, 0) is 22.6 Å². The number of nitrogens with zero attached hydrogens (tertiary/aromatic N) is 3. The zero-order valence-corrected chi connectivity index (χ0v) is 12.4. The highest BCUT2D eigenvalue weighted by atomic mass is 127. The number of hydrogen-bond acceptors (Lipinski definition) is 6. The Morgan fingerprint density at radius 3 is 2.88 bits per heavy atom. The maximum absolute atomic E-state index is 5.14. The highest BCUT2D eigenvalue weighted by Gasteiger charge is 2.13. The van der Waals surface area contributed by atoms with Crippen LogP contribution in [0.5, 0.6) is 0 Å². The average Bonchev–Trinajstić information content (AvgIpc) is 2.85. The summed E-state index contributed by atoms with van der Waals surface area (Å²) in [5.41, 5.74) is 3.43. The van der Waals surface area contributed by atoms with Gasteiger partial charge in [0, 0.05) is 19.5 Å². The third-order valence-corrected chi connectivity index (χ3v) is 3.82. The number of methoxy groups -OCH3 is 1.